The normalized spacial score (nSPS) is 15.9. The molecule has 4 heteroatoms. The molecule has 0 heterocycles. The van der Waals surface area contributed by atoms with Crippen LogP contribution in [0.3, 0.4) is 0 Å². The van der Waals surface area contributed by atoms with E-state index in [2.05, 4.69) is 0 Å². The van der Waals surface area contributed by atoms with Crippen molar-refractivity contribution >= 4 is 18.4 Å². The molecule has 0 radical (unpaired) electrons. The number of halogens is 1. The lowest BCUT2D eigenvalue weighted by Crippen LogP contribution is -2.43. The van der Waals surface area contributed by atoms with Gasteiger partial charge < -0.3 is 10.8 Å². The van der Waals surface area contributed by atoms with Crippen molar-refractivity contribution in [3.05, 3.63) is 35.9 Å². The molecule has 0 aromatic heterocycles. The van der Waals surface area contributed by atoms with E-state index in [9.17, 15) is 4.79 Å². The van der Waals surface area contributed by atoms with Crippen LogP contribution in [-0.4, -0.2) is 11.1 Å². The van der Waals surface area contributed by atoms with Gasteiger partial charge in [-0.3, -0.25) is 4.79 Å². The maximum Gasteiger partial charge on any atom is 0.308 e. The molecule has 0 spiro atoms. The van der Waals surface area contributed by atoms with Crippen molar-refractivity contribution in [2.24, 2.45) is 11.7 Å². The maximum atomic E-state index is 10.8. The summed E-state index contributed by atoms with van der Waals surface area (Å²) in [6.45, 7) is 3.36. The molecule has 0 aliphatic heterocycles. The van der Waals surface area contributed by atoms with E-state index in [1.165, 1.54) is 0 Å². The average molecular weight is 230 g/mol. The summed E-state index contributed by atoms with van der Waals surface area (Å²) < 4.78 is 0. The molecule has 2 atom stereocenters. The number of rotatable bonds is 3. The van der Waals surface area contributed by atoms with Gasteiger partial charge in [-0.15, -0.1) is 12.4 Å². The zero-order valence-electron chi connectivity index (χ0n) is 8.81. The van der Waals surface area contributed by atoms with Crippen molar-refractivity contribution in [3.8, 4) is 0 Å². The molecule has 15 heavy (non-hydrogen) atoms. The SMILES string of the molecule is C[C@H](C(=O)O)[C@@](C)(N)c1ccccc1.Cl. The predicted octanol–water partition coefficient (Wildman–Crippen LogP) is 2.00. The minimum Gasteiger partial charge on any atom is -0.481 e. The summed E-state index contributed by atoms with van der Waals surface area (Å²) >= 11 is 0. The highest BCUT2D eigenvalue weighted by Crippen LogP contribution is 2.26. The fraction of sp³-hybridized carbons (Fsp3) is 0.364. The van der Waals surface area contributed by atoms with Gasteiger partial charge in [-0.1, -0.05) is 30.3 Å². The molecule has 1 aromatic rings. The van der Waals surface area contributed by atoms with Crippen LogP contribution in [0, 0.1) is 5.92 Å². The fourth-order valence-electron chi connectivity index (χ4n) is 1.30. The molecule has 0 aliphatic carbocycles. The van der Waals surface area contributed by atoms with Crippen molar-refractivity contribution in [1.29, 1.82) is 0 Å². The molecular formula is C11H16ClNO2. The second-order valence-electron chi connectivity index (χ2n) is 3.71. The zero-order chi connectivity index (χ0) is 10.8. The number of carbonyl (C=O) groups is 1. The molecule has 1 rings (SSSR count). The van der Waals surface area contributed by atoms with E-state index in [4.69, 9.17) is 10.8 Å². The Kier molecular flexibility index (Phi) is 4.78. The Morgan fingerprint density at radius 3 is 2.27 bits per heavy atom. The lowest BCUT2D eigenvalue weighted by Gasteiger charge is -2.29. The van der Waals surface area contributed by atoms with Crippen molar-refractivity contribution in [2.75, 3.05) is 0 Å². The van der Waals surface area contributed by atoms with E-state index < -0.39 is 17.4 Å². The Balaban J connectivity index is 0.00000196. The van der Waals surface area contributed by atoms with Crippen molar-refractivity contribution in [1.82, 2.24) is 0 Å². The van der Waals surface area contributed by atoms with Gasteiger partial charge in [0.25, 0.3) is 0 Å². The fourth-order valence-corrected chi connectivity index (χ4v) is 1.30. The molecule has 0 unspecified atom stereocenters. The number of hydrogen-bond acceptors (Lipinski definition) is 2. The molecule has 0 saturated carbocycles. The highest BCUT2D eigenvalue weighted by Gasteiger charge is 2.33. The maximum absolute atomic E-state index is 10.8. The minimum atomic E-state index is -0.876. The first-order valence-electron chi connectivity index (χ1n) is 4.53. The van der Waals surface area contributed by atoms with Gasteiger partial charge in [0.2, 0.25) is 0 Å². The minimum absolute atomic E-state index is 0. The van der Waals surface area contributed by atoms with Crippen molar-refractivity contribution < 1.29 is 9.90 Å². The Morgan fingerprint density at radius 1 is 1.40 bits per heavy atom. The summed E-state index contributed by atoms with van der Waals surface area (Å²) in [5.74, 6) is -1.48. The van der Waals surface area contributed by atoms with Crippen LogP contribution in [0.15, 0.2) is 30.3 Å². The predicted molar refractivity (Wildman–Crippen MR) is 62.0 cm³/mol. The third kappa shape index (κ3) is 2.94. The van der Waals surface area contributed by atoms with Crippen LogP contribution >= 0.6 is 12.4 Å². The van der Waals surface area contributed by atoms with Gasteiger partial charge >= 0.3 is 5.97 Å². The second-order valence-corrected chi connectivity index (χ2v) is 3.71. The molecular weight excluding hydrogens is 214 g/mol. The lowest BCUT2D eigenvalue weighted by molar-refractivity contribution is -0.143. The van der Waals surface area contributed by atoms with Crippen LogP contribution in [0.1, 0.15) is 19.4 Å². The lowest BCUT2D eigenvalue weighted by atomic mass is 9.82. The molecule has 3 nitrogen and oxygen atoms in total. The Morgan fingerprint density at radius 2 is 1.87 bits per heavy atom. The summed E-state index contributed by atoms with van der Waals surface area (Å²) in [6, 6.07) is 9.29. The van der Waals surface area contributed by atoms with Crippen molar-refractivity contribution in [3.63, 3.8) is 0 Å². The summed E-state index contributed by atoms with van der Waals surface area (Å²) in [5, 5.41) is 8.90. The highest BCUT2D eigenvalue weighted by atomic mass is 35.5. The van der Waals surface area contributed by atoms with E-state index in [0.29, 0.717) is 0 Å². The van der Waals surface area contributed by atoms with Gasteiger partial charge in [-0.2, -0.15) is 0 Å². The average Bonchev–Trinajstić information content (AvgIpc) is 2.18. The van der Waals surface area contributed by atoms with Gasteiger partial charge in [0.05, 0.1) is 11.5 Å². The van der Waals surface area contributed by atoms with Gasteiger partial charge in [-0.05, 0) is 19.4 Å². The zero-order valence-corrected chi connectivity index (χ0v) is 9.62. The van der Waals surface area contributed by atoms with E-state index in [0.717, 1.165) is 5.56 Å². The van der Waals surface area contributed by atoms with Crippen LogP contribution in [-0.2, 0) is 10.3 Å². The van der Waals surface area contributed by atoms with Crippen LogP contribution in [0.25, 0.3) is 0 Å². The quantitative estimate of drug-likeness (QED) is 0.834. The smallest absolute Gasteiger partial charge is 0.308 e. The first kappa shape index (κ1) is 13.9. The molecule has 3 N–H and O–H groups in total. The Hall–Kier alpha value is -1.06. The van der Waals surface area contributed by atoms with Gasteiger partial charge in [-0.25, -0.2) is 0 Å². The van der Waals surface area contributed by atoms with E-state index >= 15 is 0 Å². The molecule has 84 valence electrons. The van der Waals surface area contributed by atoms with Crippen LogP contribution < -0.4 is 5.73 Å². The number of nitrogens with two attached hydrogens (primary N) is 1. The molecule has 0 bridgehead atoms. The molecule has 0 aliphatic rings. The van der Waals surface area contributed by atoms with E-state index in [1.54, 1.807) is 13.8 Å². The van der Waals surface area contributed by atoms with E-state index in [1.807, 2.05) is 30.3 Å². The first-order valence-corrected chi connectivity index (χ1v) is 4.53. The summed E-state index contributed by atoms with van der Waals surface area (Å²) in [7, 11) is 0. The van der Waals surface area contributed by atoms with E-state index in [-0.39, 0.29) is 12.4 Å². The van der Waals surface area contributed by atoms with Gasteiger partial charge in [0.1, 0.15) is 0 Å². The second kappa shape index (κ2) is 5.14. The van der Waals surface area contributed by atoms with Crippen LogP contribution in [0.5, 0.6) is 0 Å². The standard InChI is InChI=1S/C11H15NO2.ClH/c1-8(10(13)14)11(2,12)9-6-4-3-5-7-9;/h3-8H,12H2,1-2H3,(H,13,14);1H/t8-,11-;/m1./s1. The van der Waals surface area contributed by atoms with Crippen LogP contribution in [0.4, 0.5) is 0 Å². The number of hydrogen-bond donors (Lipinski definition) is 2. The number of benzene rings is 1. The Bertz CT molecular complexity index is 325. The summed E-state index contributed by atoms with van der Waals surface area (Å²) in [5.41, 5.74) is 6.02. The molecule has 0 fully saturated rings. The number of carboxylic acids is 1. The third-order valence-corrected chi connectivity index (χ3v) is 2.67. The molecule has 0 saturated heterocycles. The molecule has 1 aromatic carbocycles. The third-order valence-electron chi connectivity index (χ3n) is 2.67. The summed E-state index contributed by atoms with van der Waals surface area (Å²) in [4.78, 5) is 10.8. The Labute approximate surface area is 95.7 Å². The monoisotopic (exact) mass is 229 g/mol. The number of carboxylic acid groups (broad SMARTS) is 1. The summed E-state index contributed by atoms with van der Waals surface area (Å²) in [6.07, 6.45) is 0. The first-order chi connectivity index (χ1) is 6.46. The largest absolute Gasteiger partial charge is 0.481 e. The van der Waals surface area contributed by atoms with Crippen LogP contribution in [0.2, 0.25) is 0 Å². The van der Waals surface area contributed by atoms with Gasteiger partial charge in [0.15, 0.2) is 0 Å². The number of aliphatic carboxylic acids is 1. The molecule has 0 amide bonds. The topological polar surface area (TPSA) is 63.3 Å². The van der Waals surface area contributed by atoms with Gasteiger partial charge in [0, 0.05) is 0 Å². The highest BCUT2D eigenvalue weighted by molar-refractivity contribution is 5.85. The van der Waals surface area contributed by atoms with Crippen molar-refractivity contribution in [2.45, 2.75) is 19.4 Å².